The van der Waals surface area contributed by atoms with Gasteiger partial charge in [0.1, 0.15) is 0 Å². The third kappa shape index (κ3) is 3.81. The van der Waals surface area contributed by atoms with Crippen molar-refractivity contribution in [2.24, 2.45) is 5.92 Å². The molecule has 2 rings (SSSR count). The Labute approximate surface area is 129 Å². The van der Waals surface area contributed by atoms with Gasteiger partial charge in [0.25, 0.3) is 10.0 Å². The molecular weight excluding hydrogens is 312 g/mol. The Bertz CT molecular complexity index is 591. The first-order chi connectivity index (χ1) is 9.95. The smallest absolute Gasteiger partial charge is 0.358 e. The molecule has 1 atom stereocenters. The highest BCUT2D eigenvalue weighted by molar-refractivity contribution is 7.91. The lowest BCUT2D eigenvalue weighted by Crippen LogP contribution is -2.39. The Hall–Kier alpha value is -0.990. The molecule has 0 spiro atoms. The second-order valence-electron chi connectivity index (χ2n) is 5.29. The lowest BCUT2D eigenvalue weighted by molar-refractivity contribution is 0.0590. The van der Waals surface area contributed by atoms with E-state index in [0.717, 1.165) is 37.0 Å². The molecular formula is C13H20N2O4S2. The maximum absolute atomic E-state index is 12.4. The van der Waals surface area contributed by atoms with Crippen molar-refractivity contribution in [3.63, 3.8) is 0 Å². The number of aromatic nitrogens is 1. The van der Waals surface area contributed by atoms with Crippen LogP contribution in [0.3, 0.4) is 0 Å². The largest absolute Gasteiger partial charge is 0.464 e. The zero-order chi connectivity index (χ0) is 15.5. The van der Waals surface area contributed by atoms with Crippen LogP contribution in [-0.4, -0.2) is 32.5 Å². The first kappa shape index (κ1) is 16.4. The van der Waals surface area contributed by atoms with Gasteiger partial charge in [-0.05, 0) is 25.7 Å². The highest BCUT2D eigenvalue weighted by atomic mass is 32.2. The van der Waals surface area contributed by atoms with Gasteiger partial charge < -0.3 is 4.74 Å². The van der Waals surface area contributed by atoms with E-state index in [1.807, 2.05) is 6.92 Å². The molecule has 0 radical (unpaired) electrons. The van der Waals surface area contributed by atoms with Crippen LogP contribution in [0.25, 0.3) is 0 Å². The van der Waals surface area contributed by atoms with Crippen LogP contribution < -0.4 is 4.72 Å². The molecule has 1 saturated carbocycles. The summed E-state index contributed by atoms with van der Waals surface area (Å²) < 4.78 is 32.1. The monoisotopic (exact) mass is 332 g/mol. The van der Waals surface area contributed by atoms with Gasteiger partial charge in [0.2, 0.25) is 0 Å². The zero-order valence-electron chi connectivity index (χ0n) is 12.2. The highest BCUT2D eigenvalue weighted by Gasteiger charge is 2.30. The van der Waals surface area contributed by atoms with Crippen LogP contribution in [0.5, 0.6) is 0 Å². The number of methoxy groups -OCH3 is 1. The van der Waals surface area contributed by atoms with Crippen LogP contribution in [0.2, 0.25) is 0 Å². The van der Waals surface area contributed by atoms with Crippen molar-refractivity contribution in [2.45, 2.75) is 49.3 Å². The molecule has 8 heteroatoms. The average molecular weight is 332 g/mol. The van der Waals surface area contributed by atoms with E-state index in [0.29, 0.717) is 5.92 Å². The summed E-state index contributed by atoms with van der Waals surface area (Å²) in [5, 5.41) is 0. The Balaban J connectivity index is 2.14. The lowest BCUT2D eigenvalue weighted by Gasteiger charge is -2.27. The quantitative estimate of drug-likeness (QED) is 0.835. The zero-order valence-corrected chi connectivity index (χ0v) is 13.8. The second-order valence-corrected chi connectivity index (χ2v) is 8.05. The SMILES string of the molecule is COC(=O)c1ncsc1S(=O)(=O)NC(C)C1CCCCC1. The number of ether oxygens (including phenoxy) is 1. The summed E-state index contributed by atoms with van der Waals surface area (Å²) >= 11 is 0.926. The van der Waals surface area contributed by atoms with Crippen LogP contribution >= 0.6 is 11.3 Å². The number of hydrogen-bond donors (Lipinski definition) is 1. The van der Waals surface area contributed by atoms with Crippen LogP contribution in [-0.2, 0) is 14.8 Å². The number of nitrogens with zero attached hydrogens (tertiary/aromatic N) is 1. The molecule has 21 heavy (non-hydrogen) atoms. The standard InChI is InChI=1S/C13H20N2O4S2/c1-9(10-6-4-3-5-7-10)15-21(17,18)13-11(12(16)19-2)14-8-20-13/h8-10,15H,3-7H2,1-2H3. The fourth-order valence-electron chi connectivity index (χ4n) is 2.69. The van der Waals surface area contributed by atoms with Crippen molar-refractivity contribution in [1.82, 2.24) is 9.71 Å². The molecule has 1 aromatic heterocycles. The van der Waals surface area contributed by atoms with E-state index in [9.17, 15) is 13.2 Å². The summed E-state index contributed by atoms with van der Waals surface area (Å²) in [5.74, 6) is -0.384. The van der Waals surface area contributed by atoms with Gasteiger partial charge in [-0.3, -0.25) is 0 Å². The van der Waals surface area contributed by atoms with Crippen LogP contribution in [0.4, 0.5) is 0 Å². The topological polar surface area (TPSA) is 85.4 Å². The Morgan fingerprint density at radius 3 is 2.71 bits per heavy atom. The highest BCUT2D eigenvalue weighted by Crippen LogP contribution is 2.28. The molecule has 1 heterocycles. The summed E-state index contributed by atoms with van der Waals surface area (Å²) in [5.41, 5.74) is 1.19. The van der Waals surface area contributed by atoms with Gasteiger partial charge in [-0.15, -0.1) is 11.3 Å². The van der Waals surface area contributed by atoms with Gasteiger partial charge in [-0.1, -0.05) is 19.3 Å². The first-order valence-corrected chi connectivity index (χ1v) is 9.36. The minimum Gasteiger partial charge on any atom is -0.464 e. The van der Waals surface area contributed by atoms with Gasteiger partial charge in [0.05, 0.1) is 12.6 Å². The molecule has 1 aliphatic carbocycles. The van der Waals surface area contributed by atoms with Gasteiger partial charge in [0, 0.05) is 6.04 Å². The normalized spacial score (nSPS) is 18.4. The summed E-state index contributed by atoms with van der Waals surface area (Å²) in [7, 11) is -2.54. The molecule has 0 bridgehead atoms. The average Bonchev–Trinajstić information content (AvgIpc) is 2.97. The summed E-state index contributed by atoms with van der Waals surface area (Å²) in [6, 6.07) is -0.150. The van der Waals surface area contributed by atoms with E-state index >= 15 is 0 Å². The summed E-state index contributed by atoms with van der Waals surface area (Å²) in [4.78, 5) is 15.4. The molecule has 1 aliphatic rings. The van der Waals surface area contributed by atoms with E-state index < -0.39 is 16.0 Å². The number of carbonyl (C=O) groups excluding carboxylic acids is 1. The lowest BCUT2D eigenvalue weighted by atomic mass is 9.85. The predicted molar refractivity (Wildman–Crippen MR) is 79.8 cm³/mol. The van der Waals surface area contributed by atoms with Crippen molar-refractivity contribution >= 4 is 27.3 Å². The van der Waals surface area contributed by atoms with Gasteiger partial charge in [-0.2, -0.15) is 0 Å². The van der Waals surface area contributed by atoms with Gasteiger partial charge >= 0.3 is 5.97 Å². The number of carbonyl (C=O) groups is 1. The number of thiazole rings is 1. The van der Waals surface area contributed by atoms with Crippen LogP contribution in [0.15, 0.2) is 9.72 Å². The van der Waals surface area contributed by atoms with Crippen molar-refractivity contribution < 1.29 is 17.9 Å². The fourth-order valence-corrected chi connectivity index (χ4v) is 5.15. The summed E-state index contributed by atoms with van der Waals surface area (Å²) in [6.45, 7) is 1.88. The van der Waals surface area contributed by atoms with E-state index in [1.54, 1.807) is 0 Å². The molecule has 1 aromatic rings. The number of esters is 1. The fraction of sp³-hybridized carbons (Fsp3) is 0.692. The van der Waals surface area contributed by atoms with E-state index in [2.05, 4.69) is 14.4 Å². The Morgan fingerprint density at radius 1 is 1.43 bits per heavy atom. The molecule has 118 valence electrons. The minimum atomic E-state index is -3.75. The van der Waals surface area contributed by atoms with Crippen molar-refractivity contribution in [1.29, 1.82) is 0 Å². The molecule has 1 N–H and O–H groups in total. The van der Waals surface area contributed by atoms with E-state index in [4.69, 9.17) is 0 Å². The Morgan fingerprint density at radius 2 is 2.10 bits per heavy atom. The van der Waals surface area contributed by atoms with Crippen LogP contribution in [0, 0.1) is 5.92 Å². The third-order valence-electron chi connectivity index (χ3n) is 3.86. The summed E-state index contributed by atoms with van der Waals surface area (Å²) in [6.07, 6.45) is 5.58. The number of rotatable bonds is 5. The maximum atomic E-state index is 12.4. The number of sulfonamides is 1. The number of hydrogen-bond acceptors (Lipinski definition) is 6. The van der Waals surface area contributed by atoms with Crippen LogP contribution in [0.1, 0.15) is 49.5 Å². The molecule has 0 aliphatic heterocycles. The Kier molecular flexibility index (Phi) is 5.34. The first-order valence-electron chi connectivity index (χ1n) is 7.00. The number of nitrogens with one attached hydrogen (secondary N) is 1. The second kappa shape index (κ2) is 6.85. The van der Waals surface area contributed by atoms with Crippen molar-refractivity contribution in [3.8, 4) is 0 Å². The third-order valence-corrected chi connectivity index (χ3v) is 6.78. The van der Waals surface area contributed by atoms with Crippen molar-refractivity contribution in [3.05, 3.63) is 11.2 Å². The van der Waals surface area contributed by atoms with Gasteiger partial charge in [-0.25, -0.2) is 22.9 Å². The minimum absolute atomic E-state index is 0.0722. The molecule has 0 saturated heterocycles. The van der Waals surface area contributed by atoms with Crippen molar-refractivity contribution in [2.75, 3.05) is 7.11 Å². The molecule has 0 aromatic carbocycles. The molecule has 0 amide bonds. The molecule has 1 fully saturated rings. The van der Waals surface area contributed by atoms with E-state index in [-0.39, 0.29) is 15.9 Å². The maximum Gasteiger partial charge on any atom is 0.358 e. The van der Waals surface area contributed by atoms with Gasteiger partial charge in [0.15, 0.2) is 9.90 Å². The molecule has 6 nitrogen and oxygen atoms in total. The predicted octanol–water partition coefficient (Wildman–Crippen LogP) is 2.18. The molecule has 1 unspecified atom stereocenters. The van der Waals surface area contributed by atoms with E-state index in [1.165, 1.54) is 19.0 Å².